The van der Waals surface area contributed by atoms with Crippen LogP contribution in [-0.2, 0) is 16.1 Å². The van der Waals surface area contributed by atoms with Crippen LogP contribution in [0.25, 0.3) is 27.2 Å². The van der Waals surface area contributed by atoms with E-state index in [1.165, 1.54) is 41.3 Å². The van der Waals surface area contributed by atoms with Gasteiger partial charge in [0, 0.05) is 6.07 Å². The van der Waals surface area contributed by atoms with Crippen molar-refractivity contribution in [3.63, 3.8) is 0 Å². The molecule has 2 aromatic carbocycles. The number of esters is 2. The molecular weight excluding hydrogens is 468 g/mol. The number of ether oxygens (including phenoxy) is 2. The van der Waals surface area contributed by atoms with Gasteiger partial charge in [-0.15, -0.1) is 11.3 Å². The highest BCUT2D eigenvalue weighted by Gasteiger charge is 2.20. The van der Waals surface area contributed by atoms with Crippen molar-refractivity contribution in [3.8, 4) is 16.3 Å². The summed E-state index contributed by atoms with van der Waals surface area (Å²) in [6, 6.07) is 19.2. The van der Waals surface area contributed by atoms with Crippen LogP contribution in [-0.4, -0.2) is 38.8 Å². The maximum absolute atomic E-state index is 13.1. The van der Waals surface area contributed by atoms with Gasteiger partial charge in [-0.25, -0.2) is 19.3 Å². The van der Waals surface area contributed by atoms with Crippen LogP contribution in [0.5, 0.6) is 0 Å². The van der Waals surface area contributed by atoms with Crippen molar-refractivity contribution in [3.05, 3.63) is 99.5 Å². The number of methoxy groups -OCH3 is 1. The van der Waals surface area contributed by atoms with Crippen LogP contribution in [0.3, 0.4) is 0 Å². The van der Waals surface area contributed by atoms with Gasteiger partial charge in [0.25, 0.3) is 5.56 Å². The molecular formula is C25H18N4O5S. The zero-order valence-electron chi connectivity index (χ0n) is 18.4. The number of para-hydroxylation sites is 1. The van der Waals surface area contributed by atoms with Gasteiger partial charge in [-0.05, 0) is 41.8 Å². The van der Waals surface area contributed by atoms with Crippen LogP contribution in [0.4, 0.5) is 0 Å². The second kappa shape index (κ2) is 9.35. The van der Waals surface area contributed by atoms with E-state index in [2.05, 4.69) is 15.1 Å². The van der Waals surface area contributed by atoms with Gasteiger partial charge >= 0.3 is 11.9 Å². The number of aromatic amines is 1. The maximum atomic E-state index is 13.1. The summed E-state index contributed by atoms with van der Waals surface area (Å²) in [4.78, 5) is 45.2. The van der Waals surface area contributed by atoms with Crippen molar-refractivity contribution in [1.82, 2.24) is 19.7 Å². The van der Waals surface area contributed by atoms with Crippen molar-refractivity contribution < 1.29 is 19.1 Å². The fraction of sp³-hybridized carbons (Fsp3) is 0.0800. The smallest absolute Gasteiger partial charge is 0.357 e. The van der Waals surface area contributed by atoms with Crippen LogP contribution >= 0.6 is 11.3 Å². The third-order valence-electron chi connectivity index (χ3n) is 5.21. The molecule has 35 heavy (non-hydrogen) atoms. The molecule has 0 saturated carbocycles. The molecule has 9 nitrogen and oxygen atoms in total. The first kappa shape index (κ1) is 22.2. The molecule has 0 aliphatic carbocycles. The molecule has 0 unspecified atom stereocenters. The van der Waals surface area contributed by atoms with Gasteiger partial charge in [-0.2, -0.15) is 5.10 Å². The third kappa shape index (κ3) is 4.46. The molecule has 0 fully saturated rings. The van der Waals surface area contributed by atoms with Gasteiger partial charge < -0.3 is 14.5 Å². The van der Waals surface area contributed by atoms with Gasteiger partial charge in [-0.3, -0.25) is 4.79 Å². The number of nitrogens with one attached hydrogen (secondary N) is 1. The Labute approximate surface area is 202 Å². The molecule has 5 aromatic rings. The predicted molar refractivity (Wildman–Crippen MR) is 130 cm³/mol. The largest absolute Gasteiger partial charge is 0.465 e. The molecule has 0 spiro atoms. The highest BCUT2D eigenvalue weighted by atomic mass is 32.1. The first-order chi connectivity index (χ1) is 17.0. The lowest BCUT2D eigenvalue weighted by Crippen LogP contribution is -2.16. The van der Waals surface area contributed by atoms with Crippen molar-refractivity contribution >= 4 is 34.2 Å². The van der Waals surface area contributed by atoms with E-state index in [1.807, 2.05) is 47.8 Å². The topological polar surface area (TPSA) is 116 Å². The van der Waals surface area contributed by atoms with Crippen LogP contribution in [0.1, 0.15) is 26.7 Å². The fourth-order valence-electron chi connectivity index (χ4n) is 3.55. The molecule has 3 heterocycles. The Morgan fingerprint density at radius 1 is 1.03 bits per heavy atom. The summed E-state index contributed by atoms with van der Waals surface area (Å²) in [6.45, 7) is -0.277. The SMILES string of the molecule is COC(=O)c1ccc2c(=O)[nH]c(COC(=O)c3cc(-c4cccs4)nn3-c3ccccc3)nc2c1. The van der Waals surface area contributed by atoms with Crippen molar-refractivity contribution in [2.24, 2.45) is 0 Å². The summed E-state index contributed by atoms with van der Waals surface area (Å²) >= 11 is 1.51. The summed E-state index contributed by atoms with van der Waals surface area (Å²) in [6.07, 6.45) is 0. The fourth-order valence-corrected chi connectivity index (χ4v) is 4.23. The predicted octanol–water partition coefficient (Wildman–Crippen LogP) is 3.98. The van der Waals surface area contributed by atoms with E-state index in [9.17, 15) is 14.4 Å². The summed E-state index contributed by atoms with van der Waals surface area (Å²) in [7, 11) is 1.27. The lowest BCUT2D eigenvalue weighted by molar-refractivity contribution is 0.0451. The number of nitrogens with zero attached hydrogens (tertiary/aromatic N) is 3. The minimum Gasteiger partial charge on any atom is -0.465 e. The average Bonchev–Trinajstić information content (AvgIpc) is 3.57. The molecule has 0 bridgehead atoms. The highest BCUT2D eigenvalue weighted by Crippen LogP contribution is 2.26. The Hall–Kier alpha value is -4.57. The molecule has 0 atom stereocenters. The summed E-state index contributed by atoms with van der Waals surface area (Å²) in [5.74, 6) is -1.03. The number of carbonyl (C=O) groups excluding carboxylic acids is 2. The van der Waals surface area contributed by atoms with Gasteiger partial charge in [-0.1, -0.05) is 24.3 Å². The maximum Gasteiger partial charge on any atom is 0.357 e. The van der Waals surface area contributed by atoms with Crippen LogP contribution < -0.4 is 5.56 Å². The molecule has 174 valence electrons. The second-order valence-electron chi connectivity index (χ2n) is 7.45. The minimum absolute atomic E-state index is 0.141. The molecule has 0 saturated heterocycles. The van der Waals surface area contributed by atoms with E-state index in [1.54, 1.807) is 6.07 Å². The quantitative estimate of drug-likeness (QED) is 0.361. The number of rotatable bonds is 6. The third-order valence-corrected chi connectivity index (χ3v) is 6.10. The van der Waals surface area contributed by atoms with E-state index in [4.69, 9.17) is 9.47 Å². The van der Waals surface area contributed by atoms with Crippen LogP contribution in [0.2, 0.25) is 0 Å². The second-order valence-corrected chi connectivity index (χ2v) is 8.40. The number of carbonyl (C=O) groups is 2. The first-order valence-corrected chi connectivity index (χ1v) is 11.4. The van der Waals surface area contributed by atoms with E-state index < -0.39 is 17.5 Å². The Bertz CT molecular complexity index is 1590. The van der Waals surface area contributed by atoms with E-state index in [-0.39, 0.29) is 29.2 Å². The van der Waals surface area contributed by atoms with Crippen molar-refractivity contribution in [1.29, 1.82) is 0 Å². The number of hydrogen-bond acceptors (Lipinski definition) is 8. The summed E-state index contributed by atoms with van der Waals surface area (Å²) in [5.41, 5.74) is 1.71. The number of fused-ring (bicyclic) bond motifs is 1. The monoisotopic (exact) mass is 486 g/mol. The molecule has 0 aliphatic heterocycles. The number of thiophene rings is 1. The van der Waals surface area contributed by atoms with Crippen LogP contribution in [0.15, 0.2) is 76.9 Å². The molecule has 3 aromatic heterocycles. The highest BCUT2D eigenvalue weighted by molar-refractivity contribution is 7.13. The van der Waals surface area contributed by atoms with E-state index in [0.717, 1.165) is 4.88 Å². The minimum atomic E-state index is -0.629. The number of hydrogen-bond donors (Lipinski definition) is 1. The molecule has 0 aliphatic rings. The number of benzene rings is 2. The zero-order chi connectivity index (χ0) is 24.4. The number of aromatic nitrogens is 4. The normalized spacial score (nSPS) is 10.9. The van der Waals surface area contributed by atoms with Crippen LogP contribution in [0, 0.1) is 0 Å². The lowest BCUT2D eigenvalue weighted by Gasteiger charge is -2.08. The summed E-state index contributed by atoms with van der Waals surface area (Å²) < 4.78 is 11.7. The van der Waals surface area contributed by atoms with Gasteiger partial charge in [0.15, 0.2) is 5.69 Å². The summed E-state index contributed by atoms with van der Waals surface area (Å²) in [5, 5.41) is 6.83. The average molecular weight is 487 g/mol. The number of H-pyrrole nitrogens is 1. The molecule has 0 radical (unpaired) electrons. The molecule has 1 N–H and O–H groups in total. The van der Waals surface area contributed by atoms with Gasteiger partial charge in [0.05, 0.1) is 34.1 Å². The molecule has 0 amide bonds. The van der Waals surface area contributed by atoms with Gasteiger partial charge in [0.2, 0.25) is 0 Å². The van der Waals surface area contributed by atoms with E-state index in [0.29, 0.717) is 16.8 Å². The van der Waals surface area contributed by atoms with E-state index >= 15 is 0 Å². The van der Waals surface area contributed by atoms with Crippen molar-refractivity contribution in [2.75, 3.05) is 7.11 Å². The Morgan fingerprint density at radius 2 is 1.86 bits per heavy atom. The zero-order valence-corrected chi connectivity index (χ0v) is 19.2. The lowest BCUT2D eigenvalue weighted by atomic mass is 10.1. The van der Waals surface area contributed by atoms with Crippen molar-refractivity contribution in [2.45, 2.75) is 6.61 Å². The van der Waals surface area contributed by atoms with Gasteiger partial charge in [0.1, 0.15) is 18.1 Å². The molecule has 10 heteroatoms. The standard InChI is InChI=1S/C25H18N4O5S/c1-33-24(31)15-9-10-17-18(12-15)26-22(27-23(17)30)14-34-25(32)20-13-19(21-8-5-11-35-21)28-29(20)16-6-3-2-4-7-16/h2-13H,14H2,1H3,(H,26,27,30). The Kier molecular flexibility index (Phi) is 5.94. The first-order valence-electron chi connectivity index (χ1n) is 10.5. The Balaban J connectivity index is 1.44. The molecule has 5 rings (SSSR count). The Morgan fingerprint density at radius 3 is 2.60 bits per heavy atom.